The smallest absolute Gasteiger partial charge is 0.136 e. The van der Waals surface area contributed by atoms with Crippen LogP contribution in [0, 0.1) is 5.82 Å². The third kappa shape index (κ3) is 4.58. The predicted octanol–water partition coefficient (Wildman–Crippen LogP) is 3.70. The molecule has 2 nitrogen and oxygen atoms in total. The van der Waals surface area contributed by atoms with Gasteiger partial charge in [-0.3, -0.25) is 0 Å². The van der Waals surface area contributed by atoms with E-state index in [4.69, 9.17) is 0 Å². The van der Waals surface area contributed by atoms with Gasteiger partial charge >= 0.3 is 0 Å². The van der Waals surface area contributed by atoms with Crippen LogP contribution in [-0.2, 0) is 11.4 Å². The molecule has 0 heterocycles. The molecule has 0 spiro atoms. The summed E-state index contributed by atoms with van der Waals surface area (Å²) in [7, 11) is 0. The summed E-state index contributed by atoms with van der Waals surface area (Å²) in [6.07, 6.45) is 0. The first-order chi connectivity index (χ1) is 7.70. The lowest BCUT2D eigenvalue weighted by Crippen LogP contribution is -2.40. The Morgan fingerprint density at radius 1 is 1.35 bits per heavy atom. The van der Waals surface area contributed by atoms with E-state index in [1.165, 1.54) is 12.1 Å². The van der Waals surface area contributed by atoms with Crippen LogP contribution in [0.3, 0.4) is 0 Å². The molecule has 0 radical (unpaired) electrons. The van der Waals surface area contributed by atoms with E-state index >= 15 is 0 Å². The molecule has 0 aliphatic carbocycles. The van der Waals surface area contributed by atoms with Crippen molar-refractivity contribution >= 4 is 27.3 Å². The Bertz CT molecular complexity index is 374. The van der Waals surface area contributed by atoms with Crippen molar-refractivity contribution in [3.63, 3.8) is 0 Å². The molecule has 0 fully saturated rings. The van der Waals surface area contributed by atoms with Crippen LogP contribution >= 0.6 is 15.9 Å². The van der Waals surface area contributed by atoms with E-state index in [1.54, 1.807) is 0 Å². The average molecular weight is 322 g/mol. The Morgan fingerprint density at radius 2 is 1.94 bits per heavy atom. The minimum atomic E-state index is -1.17. The van der Waals surface area contributed by atoms with Crippen molar-refractivity contribution in [2.75, 3.05) is 0 Å². The average Bonchev–Trinajstić information content (AvgIpc) is 2.14. The van der Waals surface area contributed by atoms with Gasteiger partial charge in [-0.05, 0) is 51.5 Å². The number of hydrogen-bond donors (Lipinski definition) is 1. The van der Waals surface area contributed by atoms with Gasteiger partial charge in [0.25, 0.3) is 0 Å². The molecule has 1 aromatic carbocycles. The standard InChI is InChI=1S/C12H17BrFNOS/c1-8(15-17(16)12(2,3)4)9-5-10(13)7-11(14)6-9/h5-8,15H,1-4H3/t8-,17?/m1/s1. The number of rotatable bonds is 3. The molecule has 1 N–H and O–H groups in total. The second kappa shape index (κ2) is 5.69. The van der Waals surface area contributed by atoms with Gasteiger partial charge in [-0.2, -0.15) is 0 Å². The second-order valence-corrected chi connectivity index (χ2v) is 7.84. The summed E-state index contributed by atoms with van der Waals surface area (Å²) in [6, 6.07) is 4.50. The summed E-state index contributed by atoms with van der Waals surface area (Å²) in [5.41, 5.74) is 0.773. The molecule has 0 amide bonds. The van der Waals surface area contributed by atoms with Gasteiger partial charge < -0.3 is 4.55 Å². The lowest BCUT2D eigenvalue weighted by molar-refractivity contribution is 0.530. The number of halogens is 2. The molecule has 1 rings (SSSR count). The van der Waals surface area contributed by atoms with Crippen molar-refractivity contribution in [2.24, 2.45) is 0 Å². The van der Waals surface area contributed by atoms with Gasteiger partial charge in [-0.15, -0.1) is 4.72 Å². The minimum absolute atomic E-state index is 0.165. The zero-order valence-corrected chi connectivity index (χ0v) is 12.8. The van der Waals surface area contributed by atoms with Crippen molar-refractivity contribution in [2.45, 2.75) is 38.5 Å². The van der Waals surface area contributed by atoms with Crippen molar-refractivity contribution in [3.05, 3.63) is 34.1 Å². The maximum atomic E-state index is 13.2. The third-order valence-electron chi connectivity index (χ3n) is 2.22. The second-order valence-electron chi connectivity index (χ2n) is 4.92. The topological polar surface area (TPSA) is 35.1 Å². The van der Waals surface area contributed by atoms with Crippen LogP contribution in [0.15, 0.2) is 22.7 Å². The van der Waals surface area contributed by atoms with Gasteiger partial charge in [0.1, 0.15) is 10.6 Å². The number of nitrogens with one attached hydrogen (secondary N) is 1. The van der Waals surface area contributed by atoms with Gasteiger partial charge in [0, 0.05) is 15.8 Å². The van der Waals surface area contributed by atoms with Crippen molar-refractivity contribution in [1.29, 1.82) is 0 Å². The molecule has 17 heavy (non-hydrogen) atoms. The van der Waals surface area contributed by atoms with Gasteiger partial charge in [0.15, 0.2) is 0 Å². The van der Waals surface area contributed by atoms with Crippen LogP contribution in [0.25, 0.3) is 0 Å². The zero-order chi connectivity index (χ0) is 13.2. The first-order valence-electron chi connectivity index (χ1n) is 5.34. The van der Waals surface area contributed by atoms with E-state index in [2.05, 4.69) is 20.7 Å². The summed E-state index contributed by atoms with van der Waals surface area (Å²) in [5.74, 6) is -0.301. The van der Waals surface area contributed by atoms with Crippen molar-refractivity contribution in [1.82, 2.24) is 4.72 Å². The van der Waals surface area contributed by atoms with Crippen molar-refractivity contribution < 1.29 is 8.94 Å². The fourth-order valence-electron chi connectivity index (χ4n) is 1.23. The maximum absolute atomic E-state index is 13.2. The molecule has 0 aliphatic rings. The van der Waals surface area contributed by atoms with Gasteiger partial charge in [-0.1, -0.05) is 15.9 Å². The molecule has 2 atom stereocenters. The van der Waals surface area contributed by atoms with Gasteiger partial charge in [0.05, 0.1) is 6.04 Å². The number of hydrogen-bond acceptors (Lipinski definition) is 2. The highest BCUT2D eigenvalue weighted by atomic mass is 79.9. The lowest BCUT2D eigenvalue weighted by Gasteiger charge is -2.26. The molecule has 1 aromatic rings. The molecular formula is C12H17BrFNOS. The summed E-state index contributed by atoms with van der Waals surface area (Å²) in [5, 5.41) is 0. The SMILES string of the molecule is C[C@@H](N[S+]([O-])C(C)(C)C)c1cc(F)cc(Br)c1. The quantitative estimate of drug-likeness (QED) is 0.861. The molecule has 0 saturated carbocycles. The van der Waals surface area contributed by atoms with E-state index < -0.39 is 11.4 Å². The summed E-state index contributed by atoms with van der Waals surface area (Å²) < 4.78 is 28.5. The van der Waals surface area contributed by atoms with Crippen molar-refractivity contribution in [3.8, 4) is 0 Å². The third-order valence-corrected chi connectivity index (χ3v) is 4.36. The summed E-state index contributed by atoms with van der Waals surface area (Å²) >= 11 is 2.07. The molecule has 0 bridgehead atoms. The zero-order valence-electron chi connectivity index (χ0n) is 10.4. The van der Waals surface area contributed by atoms with Crippen LogP contribution in [0.1, 0.15) is 39.3 Å². The maximum Gasteiger partial charge on any atom is 0.136 e. The van der Waals surface area contributed by atoms with Gasteiger partial charge in [0.2, 0.25) is 0 Å². The minimum Gasteiger partial charge on any atom is -0.598 e. The number of benzene rings is 1. The molecule has 0 aromatic heterocycles. The lowest BCUT2D eigenvalue weighted by atomic mass is 10.1. The van der Waals surface area contributed by atoms with E-state index in [1.807, 2.05) is 33.8 Å². The fourth-order valence-corrected chi connectivity index (χ4v) is 2.52. The predicted molar refractivity (Wildman–Crippen MR) is 73.5 cm³/mol. The van der Waals surface area contributed by atoms with Crippen LogP contribution in [0.2, 0.25) is 0 Å². The highest BCUT2D eigenvalue weighted by Gasteiger charge is 2.28. The van der Waals surface area contributed by atoms with E-state index in [0.717, 1.165) is 5.56 Å². The summed E-state index contributed by atoms with van der Waals surface area (Å²) in [6.45, 7) is 7.55. The van der Waals surface area contributed by atoms with Crippen LogP contribution in [0.4, 0.5) is 4.39 Å². The largest absolute Gasteiger partial charge is 0.598 e. The highest BCUT2D eigenvalue weighted by Crippen LogP contribution is 2.23. The Labute approximate surface area is 113 Å². The van der Waals surface area contributed by atoms with E-state index in [-0.39, 0.29) is 16.6 Å². The molecule has 5 heteroatoms. The van der Waals surface area contributed by atoms with Crippen LogP contribution < -0.4 is 4.72 Å². The fraction of sp³-hybridized carbons (Fsp3) is 0.500. The molecular weight excluding hydrogens is 305 g/mol. The molecule has 0 saturated heterocycles. The van der Waals surface area contributed by atoms with E-state index in [9.17, 15) is 8.94 Å². The van der Waals surface area contributed by atoms with Crippen LogP contribution in [0.5, 0.6) is 0 Å². The first kappa shape index (κ1) is 15.0. The molecule has 96 valence electrons. The monoisotopic (exact) mass is 321 g/mol. The highest BCUT2D eigenvalue weighted by molar-refractivity contribution is 9.10. The Kier molecular flexibility index (Phi) is 5.01. The molecule has 0 aliphatic heterocycles. The Hall–Kier alpha value is -0.100. The Balaban J connectivity index is 2.79. The van der Waals surface area contributed by atoms with Crippen LogP contribution in [-0.4, -0.2) is 9.30 Å². The van der Waals surface area contributed by atoms with E-state index in [0.29, 0.717) is 4.47 Å². The first-order valence-corrected chi connectivity index (χ1v) is 7.28. The van der Waals surface area contributed by atoms with Gasteiger partial charge in [-0.25, -0.2) is 4.39 Å². The Morgan fingerprint density at radius 3 is 2.41 bits per heavy atom. The molecule has 1 unspecified atom stereocenters. The summed E-state index contributed by atoms with van der Waals surface area (Å²) in [4.78, 5) is 0. The normalized spacial score (nSPS) is 15.7.